The lowest BCUT2D eigenvalue weighted by Gasteiger charge is -2.34. The third kappa shape index (κ3) is 4.46. The standard InChI is InChI=1S/C24H27FN4O2/c1-17-6-4-5-7-22(17)29-16-20(15-27-10-12-28(13-11-27)18(2)30)24(26-29)19-8-9-23(31-3)21(25)14-19/h4-9,14,16H,10-13,15H2,1-3H3. The number of nitrogens with zero attached hydrogens (tertiary/aromatic N) is 4. The quantitative estimate of drug-likeness (QED) is 0.630. The molecule has 0 unspecified atom stereocenters. The zero-order valence-corrected chi connectivity index (χ0v) is 18.1. The van der Waals surface area contributed by atoms with Crippen molar-refractivity contribution in [1.29, 1.82) is 0 Å². The summed E-state index contributed by atoms with van der Waals surface area (Å²) in [5.74, 6) is -0.0862. The Balaban J connectivity index is 1.68. The Morgan fingerprint density at radius 1 is 1.13 bits per heavy atom. The van der Waals surface area contributed by atoms with Gasteiger partial charge in [-0.05, 0) is 36.8 Å². The van der Waals surface area contributed by atoms with Crippen LogP contribution in [0.25, 0.3) is 16.9 Å². The Bertz CT molecular complexity index is 1090. The molecule has 1 aliphatic rings. The molecule has 0 saturated carbocycles. The molecule has 0 aliphatic carbocycles. The molecular weight excluding hydrogens is 395 g/mol. The van der Waals surface area contributed by atoms with Gasteiger partial charge in [0, 0.05) is 57.0 Å². The fraction of sp³-hybridized carbons (Fsp3) is 0.333. The minimum Gasteiger partial charge on any atom is -0.494 e. The van der Waals surface area contributed by atoms with Crippen molar-refractivity contribution in [2.24, 2.45) is 0 Å². The molecule has 4 rings (SSSR count). The number of halogens is 1. The average Bonchev–Trinajstić information content (AvgIpc) is 3.17. The zero-order chi connectivity index (χ0) is 22.0. The van der Waals surface area contributed by atoms with Gasteiger partial charge in [0.15, 0.2) is 11.6 Å². The van der Waals surface area contributed by atoms with Crippen molar-refractivity contribution in [3.05, 3.63) is 65.6 Å². The first-order chi connectivity index (χ1) is 15.0. The van der Waals surface area contributed by atoms with Crippen LogP contribution in [-0.4, -0.2) is 58.8 Å². The zero-order valence-electron chi connectivity index (χ0n) is 18.1. The first kappa shape index (κ1) is 21.1. The Labute approximate surface area is 181 Å². The van der Waals surface area contributed by atoms with Gasteiger partial charge < -0.3 is 9.64 Å². The van der Waals surface area contributed by atoms with Crippen LogP contribution < -0.4 is 4.74 Å². The molecule has 7 heteroatoms. The second kappa shape index (κ2) is 8.89. The summed E-state index contributed by atoms with van der Waals surface area (Å²) in [6, 6.07) is 13.0. The fourth-order valence-corrected chi connectivity index (χ4v) is 3.99. The number of benzene rings is 2. The third-order valence-electron chi connectivity index (χ3n) is 5.79. The molecule has 162 valence electrons. The van der Waals surface area contributed by atoms with E-state index < -0.39 is 5.82 Å². The lowest BCUT2D eigenvalue weighted by molar-refractivity contribution is -0.130. The van der Waals surface area contributed by atoms with Gasteiger partial charge in [0.05, 0.1) is 18.5 Å². The molecule has 1 saturated heterocycles. The van der Waals surface area contributed by atoms with Gasteiger partial charge in [0.2, 0.25) is 5.91 Å². The molecule has 0 spiro atoms. The van der Waals surface area contributed by atoms with Crippen LogP contribution in [0, 0.1) is 12.7 Å². The Morgan fingerprint density at radius 3 is 2.52 bits per heavy atom. The molecule has 2 aromatic carbocycles. The highest BCUT2D eigenvalue weighted by Gasteiger charge is 2.22. The minimum atomic E-state index is -0.411. The third-order valence-corrected chi connectivity index (χ3v) is 5.79. The number of methoxy groups -OCH3 is 1. The van der Waals surface area contributed by atoms with Crippen molar-refractivity contribution in [3.8, 4) is 22.7 Å². The highest BCUT2D eigenvalue weighted by atomic mass is 19.1. The van der Waals surface area contributed by atoms with Crippen molar-refractivity contribution < 1.29 is 13.9 Å². The van der Waals surface area contributed by atoms with E-state index in [0.29, 0.717) is 25.2 Å². The van der Waals surface area contributed by atoms with Gasteiger partial charge in [-0.3, -0.25) is 9.69 Å². The maximum absolute atomic E-state index is 14.4. The topological polar surface area (TPSA) is 50.6 Å². The predicted molar refractivity (Wildman–Crippen MR) is 118 cm³/mol. The number of rotatable bonds is 5. The fourth-order valence-electron chi connectivity index (χ4n) is 3.99. The van der Waals surface area contributed by atoms with Gasteiger partial charge in [-0.15, -0.1) is 0 Å². The largest absolute Gasteiger partial charge is 0.494 e. The van der Waals surface area contributed by atoms with Gasteiger partial charge in [0.25, 0.3) is 0 Å². The van der Waals surface area contributed by atoms with Crippen LogP contribution in [0.2, 0.25) is 0 Å². The summed E-state index contributed by atoms with van der Waals surface area (Å²) in [6.45, 7) is 7.36. The highest BCUT2D eigenvalue weighted by molar-refractivity contribution is 5.73. The molecular formula is C24H27FN4O2. The monoisotopic (exact) mass is 422 g/mol. The number of aromatic nitrogens is 2. The number of ether oxygens (including phenoxy) is 1. The van der Waals surface area contributed by atoms with Crippen LogP contribution >= 0.6 is 0 Å². The molecule has 1 aromatic heterocycles. The summed E-state index contributed by atoms with van der Waals surface area (Å²) in [5, 5.41) is 4.83. The second-order valence-corrected chi connectivity index (χ2v) is 7.87. The Kier molecular flexibility index (Phi) is 6.04. The number of aryl methyl sites for hydroxylation is 1. The van der Waals surface area contributed by atoms with Crippen LogP contribution in [0.15, 0.2) is 48.7 Å². The number of hydrogen-bond donors (Lipinski definition) is 0. The van der Waals surface area contributed by atoms with E-state index in [9.17, 15) is 9.18 Å². The molecule has 1 aliphatic heterocycles. The summed E-state index contributed by atoms with van der Waals surface area (Å²) in [7, 11) is 1.46. The van der Waals surface area contributed by atoms with Gasteiger partial charge in [0.1, 0.15) is 0 Å². The van der Waals surface area contributed by atoms with Crippen LogP contribution in [0.1, 0.15) is 18.1 Å². The molecule has 6 nitrogen and oxygen atoms in total. The van der Waals surface area contributed by atoms with Crippen molar-refractivity contribution in [2.75, 3.05) is 33.3 Å². The highest BCUT2D eigenvalue weighted by Crippen LogP contribution is 2.29. The predicted octanol–water partition coefficient (Wildman–Crippen LogP) is 3.66. The lowest BCUT2D eigenvalue weighted by Crippen LogP contribution is -2.47. The number of piperazine rings is 1. The first-order valence-corrected chi connectivity index (χ1v) is 10.4. The van der Waals surface area contributed by atoms with Crippen LogP contribution in [0.5, 0.6) is 5.75 Å². The van der Waals surface area contributed by atoms with Crippen LogP contribution in [-0.2, 0) is 11.3 Å². The van der Waals surface area contributed by atoms with E-state index in [-0.39, 0.29) is 11.7 Å². The van der Waals surface area contributed by atoms with E-state index in [1.807, 2.05) is 53.0 Å². The molecule has 3 aromatic rings. The number of carbonyl (C=O) groups is 1. The lowest BCUT2D eigenvalue weighted by atomic mass is 10.1. The Morgan fingerprint density at radius 2 is 1.87 bits per heavy atom. The van der Waals surface area contributed by atoms with Gasteiger partial charge in [-0.25, -0.2) is 9.07 Å². The summed E-state index contributed by atoms with van der Waals surface area (Å²) < 4.78 is 21.4. The smallest absolute Gasteiger partial charge is 0.219 e. The van der Waals surface area contributed by atoms with E-state index in [2.05, 4.69) is 4.90 Å². The first-order valence-electron chi connectivity index (χ1n) is 10.4. The van der Waals surface area contributed by atoms with E-state index >= 15 is 0 Å². The van der Waals surface area contributed by atoms with Gasteiger partial charge in [-0.2, -0.15) is 5.10 Å². The van der Waals surface area contributed by atoms with Crippen molar-refractivity contribution in [1.82, 2.24) is 19.6 Å². The summed E-state index contributed by atoms with van der Waals surface area (Å²) in [4.78, 5) is 15.8. The molecule has 0 radical (unpaired) electrons. The molecule has 0 bridgehead atoms. The molecule has 1 amide bonds. The number of hydrogen-bond acceptors (Lipinski definition) is 4. The molecule has 1 fully saturated rings. The van der Waals surface area contributed by atoms with E-state index in [1.165, 1.54) is 13.2 Å². The SMILES string of the molecule is COc1ccc(-c2nn(-c3ccccc3C)cc2CN2CCN(C(C)=O)CC2)cc1F. The van der Waals surface area contributed by atoms with Crippen molar-refractivity contribution in [3.63, 3.8) is 0 Å². The van der Waals surface area contributed by atoms with Gasteiger partial charge in [-0.1, -0.05) is 18.2 Å². The van der Waals surface area contributed by atoms with Crippen LogP contribution in [0.4, 0.5) is 4.39 Å². The van der Waals surface area contributed by atoms with E-state index in [4.69, 9.17) is 9.84 Å². The number of para-hydroxylation sites is 1. The average molecular weight is 423 g/mol. The maximum Gasteiger partial charge on any atom is 0.219 e. The minimum absolute atomic E-state index is 0.112. The summed E-state index contributed by atoms with van der Waals surface area (Å²) in [6.07, 6.45) is 2.02. The molecule has 0 atom stereocenters. The summed E-state index contributed by atoms with van der Waals surface area (Å²) >= 11 is 0. The van der Waals surface area contributed by atoms with Gasteiger partial charge >= 0.3 is 0 Å². The normalized spacial score (nSPS) is 14.6. The van der Waals surface area contributed by atoms with Crippen LogP contribution in [0.3, 0.4) is 0 Å². The Hall–Kier alpha value is -3.19. The van der Waals surface area contributed by atoms with Crippen molar-refractivity contribution >= 4 is 5.91 Å². The maximum atomic E-state index is 14.4. The van der Waals surface area contributed by atoms with E-state index in [0.717, 1.165) is 35.6 Å². The number of carbonyl (C=O) groups excluding carboxylic acids is 1. The molecule has 2 heterocycles. The van der Waals surface area contributed by atoms with E-state index in [1.54, 1.807) is 13.0 Å². The molecule has 0 N–H and O–H groups in total. The number of amides is 1. The second-order valence-electron chi connectivity index (χ2n) is 7.87. The summed E-state index contributed by atoms with van der Waals surface area (Å²) in [5.41, 5.74) is 4.58. The molecule has 31 heavy (non-hydrogen) atoms. The van der Waals surface area contributed by atoms with Crippen molar-refractivity contribution in [2.45, 2.75) is 20.4 Å².